The normalized spacial score (nSPS) is 22.0. The SMILES string of the molecule is NCCN(CCc1ccccc1)C(=O)CCN1C(=O)C2CCCCC2C1=O. The Bertz CT molecular complexity index is 653. The lowest BCUT2D eigenvalue weighted by Crippen LogP contribution is -2.40. The predicted molar refractivity (Wildman–Crippen MR) is 103 cm³/mol. The van der Waals surface area contributed by atoms with Gasteiger partial charge in [-0.15, -0.1) is 0 Å². The summed E-state index contributed by atoms with van der Waals surface area (Å²) >= 11 is 0. The van der Waals surface area contributed by atoms with Crippen molar-refractivity contribution in [3.63, 3.8) is 0 Å². The van der Waals surface area contributed by atoms with Crippen LogP contribution in [0.1, 0.15) is 37.7 Å². The minimum absolute atomic E-state index is 0.0492. The first-order chi connectivity index (χ1) is 13.1. The predicted octanol–water partition coefficient (Wildman–Crippen LogP) is 1.58. The van der Waals surface area contributed by atoms with Crippen LogP contribution < -0.4 is 5.73 Å². The smallest absolute Gasteiger partial charge is 0.233 e. The van der Waals surface area contributed by atoms with Crippen molar-refractivity contribution >= 4 is 17.7 Å². The number of amides is 3. The second-order valence-electron chi connectivity index (χ2n) is 7.48. The second kappa shape index (κ2) is 9.13. The monoisotopic (exact) mass is 371 g/mol. The van der Waals surface area contributed by atoms with Gasteiger partial charge in [-0.3, -0.25) is 19.3 Å². The summed E-state index contributed by atoms with van der Waals surface area (Å²) < 4.78 is 0. The van der Waals surface area contributed by atoms with E-state index >= 15 is 0 Å². The first-order valence-electron chi connectivity index (χ1n) is 9.99. The largest absolute Gasteiger partial charge is 0.341 e. The summed E-state index contributed by atoms with van der Waals surface area (Å²) in [4.78, 5) is 40.8. The van der Waals surface area contributed by atoms with Crippen LogP contribution in [-0.4, -0.2) is 53.7 Å². The van der Waals surface area contributed by atoms with E-state index < -0.39 is 0 Å². The first-order valence-corrected chi connectivity index (χ1v) is 9.99. The van der Waals surface area contributed by atoms with Crippen molar-refractivity contribution in [2.24, 2.45) is 17.6 Å². The lowest BCUT2D eigenvalue weighted by molar-refractivity contribution is -0.140. The highest BCUT2D eigenvalue weighted by Gasteiger charge is 2.47. The Labute approximate surface area is 160 Å². The zero-order valence-corrected chi connectivity index (χ0v) is 15.8. The molecule has 2 fully saturated rings. The maximum Gasteiger partial charge on any atom is 0.233 e. The number of rotatable bonds is 8. The van der Waals surface area contributed by atoms with Gasteiger partial charge < -0.3 is 10.6 Å². The highest BCUT2D eigenvalue weighted by Crippen LogP contribution is 2.37. The highest BCUT2D eigenvalue weighted by atomic mass is 16.2. The number of carbonyl (C=O) groups is 3. The van der Waals surface area contributed by atoms with Crippen LogP contribution in [0.3, 0.4) is 0 Å². The number of imide groups is 1. The number of hydrogen-bond acceptors (Lipinski definition) is 4. The number of fused-ring (bicyclic) bond motifs is 1. The number of benzene rings is 1. The van der Waals surface area contributed by atoms with Gasteiger partial charge in [-0.05, 0) is 24.8 Å². The first kappa shape index (κ1) is 19.5. The van der Waals surface area contributed by atoms with Crippen molar-refractivity contribution in [1.29, 1.82) is 0 Å². The van der Waals surface area contributed by atoms with E-state index in [0.29, 0.717) is 19.6 Å². The van der Waals surface area contributed by atoms with Crippen molar-refractivity contribution in [3.05, 3.63) is 35.9 Å². The van der Waals surface area contributed by atoms with Gasteiger partial charge in [-0.2, -0.15) is 0 Å². The maximum absolute atomic E-state index is 12.7. The second-order valence-corrected chi connectivity index (χ2v) is 7.48. The molecule has 146 valence electrons. The van der Waals surface area contributed by atoms with Gasteiger partial charge in [0, 0.05) is 32.6 Å². The summed E-state index contributed by atoms with van der Waals surface area (Å²) in [6.45, 7) is 1.66. The van der Waals surface area contributed by atoms with E-state index in [0.717, 1.165) is 32.1 Å². The molecule has 1 heterocycles. The lowest BCUT2D eigenvalue weighted by atomic mass is 9.81. The maximum atomic E-state index is 12.7. The van der Waals surface area contributed by atoms with Crippen LogP contribution >= 0.6 is 0 Å². The fourth-order valence-electron chi connectivity index (χ4n) is 4.24. The number of nitrogens with zero attached hydrogens (tertiary/aromatic N) is 2. The third-order valence-corrected chi connectivity index (χ3v) is 5.75. The lowest BCUT2D eigenvalue weighted by Gasteiger charge is -2.23. The molecule has 2 N–H and O–H groups in total. The van der Waals surface area contributed by atoms with E-state index in [9.17, 15) is 14.4 Å². The molecule has 1 aromatic rings. The number of carbonyl (C=O) groups excluding carboxylic acids is 3. The van der Waals surface area contributed by atoms with Gasteiger partial charge in [-0.25, -0.2) is 0 Å². The Balaban J connectivity index is 1.54. The number of hydrogen-bond donors (Lipinski definition) is 1. The van der Waals surface area contributed by atoms with Crippen molar-refractivity contribution in [3.8, 4) is 0 Å². The topological polar surface area (TPSA) is 83.7 Å². The average molecular weight is 371 g/mol. The third kappa shape index (κ3) is 4.56. The Hall–Kier alpha value is -2.21. The summed E-state index contributed by atoms with van der Waals surface area (Å²) in [5.41, 5.74) is 6.83. The molecular formula is C21H29N3O3. The molecule has 1 saturated carbocycles. The molecule has 3 rings (SSSR count). The minimum Gasteiger partial charge on any atom is -0.341 e. The Morgan fingerprint density at radius 3 is 2.26 bits per heavy atom. The summed E-state index contributed by atoms with van der Waals surface area (Å²) in [6.07, 6.45) is 4.56. The van der Waals surface area contributed by atoms with Gasteiger partial charge >= 0.3 is 0 Å². The molecule has 2 aliphatic rings. The molecule has 1 aliphatic heterocycles. The summed E-state index contributed by atoms with van der Waals surface area (Å²) in [6, 6.07) is 10.00. The van der Waals surface area contributed by atoms with Gasteiger partial charge in [0.2, 0.25) is 17.7 Å². The van der Waals surface area contributed by atoms with E-state index in [4.69, 9.17) is 5.73 Å². The Kier molecular flexibility index (Phi) is 6.61. The molecule has 2 unspecified atom stereocenters. The average Bonchev–Trinajstić information content (AvgIpc) is 2.94. The van der Waals surface area contributed by atoms with E-state index in [-0.39, 0.29) is 42.5 Å². The molecule has 3 amide bonds. The Morgan fingerprint density at radius 2 is 1.67 bits per heavy atom. The highest BCUT2D eigenvalue weighted by molar-refractivity contribution is 6.05. The zero-order valence-electron chi connectivity index (χ0n) is 15.8. The number of likely N-dealkylation sites (tertiary alicyclic amines) is 1. The van der Waals surface area contributed by atoms with Crippen LogP contribution in [0.25, 0.3) is 0 Å². The van der Waals surface area contributed by atoms with Crippen LogP contribution in [0.15, 0.2) is 30.3 Å². The molecular weight excluding hydrogens is 342 g/mol. The molecule has 0 radical (unpaired) electrons. The van der Waals surface area contributed by atoms with E-state index in [1.54, 1.807) is 4.90 Å². The van der Waals surface area contributed by atoms with Crippen molar-refractivity contribution in [2.45, 2.75) is 38.5 Å². The summed E-state index contributed by atoms with van der Waals surface area (Å²) in [5.74, 6) is -0.509. The summed E-state index contributed by atoms with van der Waals surface area (Å²) in [5, 5.41) is 0. The van der Waals surface area contributed by atoms with Gasteiger partial charge in [0.25, 0.3) is 0 Å². The van der Waals surface area contributed by atoms with E-state index in [1.165, 1.54) is 10.5 Å². The zero-order chi connectivity index (χ0) is 19.2. The third-order valence-electron chi connectivity index (χ3n) is 5.75. The van der Waals surface area contributed by atoms with Crippen LogP contribution in [0.4, 0.5) is 0 Å². The molecule has 6 heteroatoms. The molecule has 0 bridgehead atoms. The van der Waals surface area contributed by atoms with Gasteiger partial charge in [0.15, 0.2) is 0 Å². The van der Waals surface area contributed by atoms with Crippen molar-refractivity contribution in [1.82, 2.24) is 9.80 Å². The standard InChI is InChI=1S/C21H29N3O3/c22-12-15-23(13-10-16-6-2-1-3-7-16)19(25)11-14-24-20(26)17-8-4-5-9-18(17)21(24)27/h1-3,6-7,17-18H,4-5,8-15,22H2. The van der Waals surface area contributed by atoms with Crippen LogP contribution in [0.5, 0.6) is 0 Å². The van der Waals surface area contributed by atoms with Gasteiger partial charge in [-0.1, -0.05) is 43.2 Å². The quantitative estimate of drug-likeness (QED) is 0.703. The van der Waals surface area contributed by atoms with E-state index in [2.05, 4.69) is 0 Å². The van der Waals surface area contributed by atoms with E-state index in [1.807, 2.05) is 30.3 Å². The van der Waals surface area contributed by atoms with Crippen LogP contribution in [0, 0.1) is 11.8 Å². The fourth-order valence-corrected chi connectivity index (χ4v) is 4.24. The molecule has 1 aliphatic carbocycles. The van der Waals surface area contributed by atoms with Crippen molar-refractivity contribution in [2.75, 3.05) is 26.2 Å². The molecule has 2 atom stereocenters. The van der Waals surface area contributed by atoms with Crippen LogP contribution in [-0.2, 0) is 20.8 Å². The molecule has 0 spiro atoms. The molecule has 27 heavy (non-hydrogen) atoms. The van der Waals surface area contributed by atoms with Gasteiger partial charge in [0.1, 0.15) is 0 Å². The Morgan fingerprint density at radius 1 is 1.04 bits per heavy atom. The number of nitrogens with two attached hydrogens (primary N) is 1. The van der Waals surface area contributed by atoms with Crippen molar-refractivity contribution < 1.29 is 14.4 Å². The fraction of sp³-hybridized carbons (Fsp3) is 0.571. The molecule has 6 nitrogen and oxygen atoms in total. The molecule has 0 aromatic heterocycles. The van der Waals surface area contributed by atoms with Crippen LogP contribution in [0.2, 0.25) is 0 Å². The van der Waals surface area contributed by atoms with Gasteiger partial charge in [0.05, 0.1) is 11.8 Å². The minimum atomic E-state index is -0.153. The molecule has 1 saturated heterocycles. The molecule has 1 aromatic carbocycles. The summed E-state index contributed by atoms with van der Waals surface area (Å²) in [7, 11) is 0.